The number of nitrogen functional groups attached to an aromatic ring is 2. The van der Waals surface area contributed by atoms with Gasteiger partial charge in [0.05, 0.1) is 5.56 Å². The maximum absolute atomic E-state index is 5.76. The average Bonchev–Trinajstić information content (AvgIpc) is 2.67. The summed E-state index contributed by atoms with van der Waals surface area (Å²) in [6, 6.07) is 3.47. The number of hydrogen-bond donors (Lipinski definition) is 2. The van der Waals surface area contributed by atoms with E-state index >= 15 is 0 Å². The maximum Gasteiger partial charge on any atom is 0.184 e. The van der Waals surface area contributed by atoms with Gasteiger partial charge in [0.25, 0.3) is 0 Å². The Kier molecular flexibility index (Phi) is 2.72. The fourth-order valence-electron chi connectivity index (χ4n) is 1.43. The van der Waals surface area contributed by atoms with Crippen molar-refractivity contribution in [2.24, 2.45) is 0 Å². The van der Waals surface area contributed by atoms with Crippen molar-refractivity contribution in [3.05, 3.63) is 18.5 Å². The lowest BCUT2D eigenvalue weighted by atomic mass is 10.2. The zero-order valence-electron chi connectivity index (χ0n) is 9.09. The summed E-state index contributed by atoms with van der Waals surface area (Å²) in [6.07, 6.45) is 2.70. The summed E-state index contributed by atoms with van der Waals surface area (Å²) in [5, 5.41) is 4.31. The zero-order valence-corrected chi connectivity index (χ0v) is 9.09. The molecule has 0 aromatic carbocycles. The first kappa shape index (κ1) is 10.4. The molecule has 0 aliphatic carbocycles. The summed E-state index contributed by atoms with van der Waals surface area (Å²) in [6.45, 7) is 2.93. The van der Waals surface area contributed by atoms with Crippen LogP contribution < -0.4 is 11.5 Å². The van der Waals surface area contributed by atoms with E-state index in [0.29, 0.717) is 23.0 Å². The minimum absolute atomic E-state index is 0.356. The quantitative estimate of drug-likeness (QED) is 0.798. The van der Waals surface area contributed by atoms with Crippen LogP contribution in [0.3, 0.4) is 0 Å². The van der Waals surface area contributed by atoms with Gasteiger partial charge < -0.3 is 11.5 Å². The first-order valence-corrected chi connectivity index (χ1v) is 5.12. The van der Waals surface area contributed by atoms with E-state index in [0.717, 1.165) is 13.0 Å². The Balaban J connectivity index is 2.35. The molecule has 0 saturated heterocycles. The van der Waals surface area contributed by atoms with Gasteiger partial charge in [0.2, 0.25) is 0 Å². The van der Waals surface area contributed by atoms with Gasteiger partial charge >= 0.3 is 0 Å². The third-order valence-electron chi connectivity index (χ3n) is 2.18. The third-order valence-corrected chi connectivity index (χ3v) is 2.18. The average molecular weight is 218 g/mol. The summed E-state index contributed by atoms with van der Waals surface area (Å²) in [5.41, 5.74) is 12.0. The van der Waals surface area contributed by atoms with Crippen molar-refractivity contribution in [2.75, 3.05) is 11.5 Å². The minimum atomic E-state index is 0.356. The molecule has 0 saturated carbocycles. The number of hydrogen-bond acceptors (Lipinski definition) is 5. The van der Waals surface area contributed by atoms with Crippen LogP contribution in [0.5, 0.6) is 0 Å². The van der Waals surface area contributed by atoms with E-state index in [9.17, 15) is 0 Å². The van der Waals surface area contributed by atoms with Crippen LogP contribution in [0.2, 0.25) is 0 Å². The number of anilines is 2. The minimum Gasteiger partial charge on any atom is -0.384 e. The van der Waals surface area contributed by atoms with Crippen molar-refractivity contribution in [1.29, 1.82) is 0 Å². The van der Waals surface area contributed by atoms with E-state index in [2.05, 4.69) is 22.0 Å². The second kappa shape index (κ2) is 4.18. The molecule has 0 bridgehead atoms. The molecule has 0 unspecified atom stereocenters. The number of pyridine rings is 1. The topological polar surface area (TPSA) is 95.6 Å². The molecule has 4 N–H and O–H groups in total. The molecule has 84 valence electrons. The number of rotatable bonds is 3. The molecule has 0 spiro atoms. The Bertz CT molecular complexity index is 490. The van der Waals surface area contributed by atoms with Gasteiger partial charge in [0.15, 0.2) is 5.82 Å². The highest BCUT2D eigenvalue weighted by Gasteiger charge is 2.08. The van der Waals surface area contributed by atoms with Gasteiger partial charge in [-0.3, -0.25) is 4.68 Å². The van der Waals surface area contributed by atoms with Crippen LogP contribution in [0.1, 0.15) is 13.3 Å². The molecule has 2 aromatic heterocycles. The summed E-state index contributed by atoms with van der Waals surface area (Å²) >= 11 is 0. The Morgan fingerprint density at radius 3 is 2.81 bits per heavy atom. The highest BCUT2D eigenvalue weighted by molar-refractivity contribution is 5.69. The maximum atomic E-state index is 5.76. The lowest BCUT2D eigenvalue weighted by Crippen LogP contribution is -2.00. The van der Waals surface area contributed by atoms with Gasteiger partial charge in [-0.15, -0.1) is 0 Å². The molecular formula is C10H14N6. The van der Waals surface area contributed by atoms with Crippen LogP contribution in [0.4, 0.5) is 11.6 Å². The number of nitrogens with zero attached hydrogens (tertiary/aromatic N) is 4. The van der Waals surface area contributed by atoms with Crippen LogP contribution in [0.25, 0.3) is 11.4 Å². The van der Waals surface area contributed by atoms with Gasteiger partial charge in [-0.25, -0.2) is 9.97 Å². The standard InChI is InChI=1S/C10H14N6/c1-2-5-16-6-13-10(15-16)7-3-4-8(11)14-9(7)12/h3-4,6H,2,5H2,1H3,(H4,11,12,14). The summed E-state index contributed by atoms with van der Waals surface area (Å²) < 4.78 is 1.78. The highest BCUT2D eigenvalue weighted by atomic mass is 15.3. The largest absolute Gasteiger partial charge is 0.384 e. The Morgan fingerprint density at radius 2 is 2.12 bits per heavy atom. The van der Waals surface area contributed by atoms with Crippen molar-refractivity contribution in [1.82, 2.24) is 19.7 Å². The summed E-state index contributed by atoms with van der Waals surface area (Å²) in [4.78, 5) is 8.16. The molecule has 2 aromatic rings. The normalized spacial score (nSPS) is 10.6. The fourth-order valence-corrected chi connectivity index (χ4v) is 1.43. The fraction of sp³-hybridized carbons (Fsp3) is 0.300. The Hall–Kier alpha value is -2.11. The van der Waals surface area contributed by atoms with E-state index in [4.69, 9.17) is 11.5 Å². The molecule has 2 rings (SSSR count). The van der Waals surface area contributed by atoms with Crippen molar-refractivity contribution >= 4 is 11.6 Å². The molecule has 2 heterocycles. The second-order valence-electron chi connectivity index (χ2n) is 3.50. The van der Waals surface area contributed by atoms with Gasteiger partial charge in [0.1, 0.15) is 18.0 Å². The van der Waals surface area contributed by atoms with E-state index < -0.39 is 0 Å². The van der Waals surface area contributed by atoms with E-state index in [1.54, 1.807) is 23.1 Å². The monoisotopic (exact) mass is 218 g/mol. The van der Waals surface area contributed by atoms with Crippen LogP contribution in [-0.4, -0.2) is 19.7 Å². The molecular weight excluding hydrogens is 204 g/mol. The van der Waals surface area contributed by atoms with E-state index in [1.807, 2.05) is 0 Å². The molecule has 0 aliphatic heterocycles. The lowest BCUT2D eigenvalue weighted by molar-refractivity contribution is 0.602. The van der Waals surface area contributed by atoms with Crippen LogP contribution in [-0.2, 0) is 6.54 Å². The Morgan fingerprint density at radius 1 is 1.31 bits per heavy atom. The van der Waals surface area contributed by atoms with Gasteiger partial charge in [-0.2, -0.15) is 5.10 Å². The SMILES string of the molecule is CCCn1cnc(-c2ccc(N)nc2N)n1. The van der Waals surface area contributed by atoms with Crippen molar-refractivity contribution < 1.29 is 0 Å². The van der Waals surface area contributed by atoms with Crippen molar-refractivity contribution in [3.8, 4) is 11.4 Å². The number of aryl methyl sites for hydroxylation is 1. The molecule has 0 atom stereocenters. The predicted octanol–water partition coefficient (Wildman–Crippen LogP) is 0.914. The van der Waals surface area contributed by atoms with Crippen LogP contribution in [0.15, 0.2) is 18.5 Å². The van der Waals surface area contributed by atoms with Crippen molar-refractivity contribution in [2.45, 2.75) is 19.9 Å². The molecule has 6 heteroatoms. The summed E-state index contributed by atoms with van der Waals surface area (Å²) in [7, 11) is 0. The third kappa shape index (κ3) is 1.95. The molecule has 0 radical (unpaired) electrons. The highest BCUT2D eigenvalue weighted by Crippen LogP contribution is 2.21. The lowest BCUT2D eigenvalue weighted by Gasteiger charge is -2.01. The van der Waals surface area contributed by atoms with Crippen LogP contribution >= 0.6 is 0 Å². The van der Waals surface area contributed by atoms with Gasteiger partial charge in [-0.1, -0.05) is 6.92 Å². The first-order valence-electron chi connectivity index (χ1n) is 5.12. The first-order chi connectivity index (χ1) is 7.70. The summed E-state index contributed by atoms with van der Waals surface area (Å²) in [5.74, 6) is 1.34. The molecule has 16 heavy (non-hydrogen) atoms. The molecule has 0 fully saturated rings. The van der Waals surface area contributed by atoms with E-state index in [1.165, 1.54) is 0 Å². The number of nitrogens with two attached hydrogens (primary N) is 2. The number of aromatic nitrogens is 4. The molecule has 0 amide bonds. The second-order valence-corrected chi connectivity index (χ2v) is 3.50. The van der Waals surface area contributed by atoms with Crippen molar-refractivity contribution in [3.63, 3.8) is 0 Å². The van der Waals surface area contributed by atoms with Crippen LogP contribution in [0, 0.1) is 0 Å². The smallest absolute Gasteiger partial charge is 0.184 e. The molecule has 6 nitrogen and oxygen atoms in total. The van der Waals surface area contributed by atoms with Gasteiger partial charge in [-0.05, 0) is 18.6 Å². The zero-order chi connectivity index (χ0) is 11.5. The molecule has 0 aliphatic rings. The predicted molar refractivity (Wildman–Crippen MR) is 62.4 cm³/mol. The Labute approximate surface area is 93.3 Å². The van der Waals surface area contributed by atoms with Gasteiger partial charge in [0, 0.05) is 6.54 Å². The van der Waals surface area contributed by atoms with E-state index in [-0.39, 0.29) is 0 Å².